The van der Waals surface area contributed by atoms with Crippen LogP contribution in [0.4, 0.5) is 11.4 Å². The SMILES string of the molecule is CC(=O)SCCC#Cc1ccc(N)c(N)c1. The van der Waals surface area contributed by atoms with Crippen molar-refractivity contribution in [1.82, 2.24) is 0 Å². The lowest BCUT2D eigenvalue weighted by Crippen LogP contribution is -1.94. The molecule has 0 bridgehead atoms. The van der Waals surface area contributed by atoms with Crippen molar-refractivity contribution >= 4 is 28.3 Å². The van der Waals surface area contributed by atoms with Crippen LogP contribution in [0.25, 0.3) is 0 Å². The van der Waals surface area contributed by atoms with Crippen LogP contribution >= 0.6 is 11.8 Å². The fourth-order valence-corrected chi connectivity index (χ4v) is 1.55. The fourth-order valence-electron chi connectivity index (χ4n) is 1.06. The Morgan fingerprint density at radius 3 is 2.75 bits per heavy atom. The molecule has 3 nitrogen and oxygen atoms in total. The first-order valence-electron chi connectivity index (χ1n) is 4.87. The summed E-state index contributed by atoms with van der Waals surface area (Å²) >= 11 is 1.29. The largest absolute Gasteiger partial charge is 0.397 e. The van der Waals surface area contributed by atoms with Gasteiger partial charge in [-0.05, 0) is 18.2 Å². The van der Waals surface area contributed by atoms with Crippen molar-refractivity contribution in [3.05, 3.63) is 23.8 Å². The first-order chi connectivity index (χ1) is 7.59. The van der Waals surface area contributed by atoms with Crippen LogP contribution in [0, 0.1) is 11.8 Å². The van der Waals surface area contributed by atoms with Crippen LogP contribution in [-0.2, 0) is 4.79 Å². The van der Waals surface area contributed by atoms with Crippen molar-refractivity contribution in [3.8, 4) is 11.8 Å². The van der Waals surface area contributed by atoms with Crippen molar-refractivity contribution in [3.63, 3.8) is 0 Å². The molecule has 1 aromatic rings. The van der Waals surface area contributed by atoms with Crippen molar-refractivity contribution in [2.24, 2.45) is 0 Å². The van der Waals surface area contributed by atoms with Crippen LogP contribution in [0.5, 0.6) is 0 Å². The van der Waals surface area contributed by atoms with Gasteiger partial charge in [0.05, 0.1) is 11.4 Å². The summed E-state index contributed by atoms with van der Waals surface area (Å²) in [6.45, 7) is 1.55. The summed E-state index contributed by atoms with van der Waals surface area (Å²) in [7, 11) is 0. The van der Waals surface area contributed by atoms with Crippen LogP contribution < -0.4 is 11.5 Å². The molecule has 0 amide bonds. The maximum absolute atomic E-state index is 10.6. The van der Waals surface area contributed by atoms with Gasteiger partial charge in [0, 0.05) is 24.7 Å². The van der Waals surface area contributed by atoms with E-state index in [4.69, 9.17) is 11.5 Å². The summed E-state index contributed by atoms with van der Waals surface area (Å²) in [6, 6.07) is 5.32. The predicted octanol–water partition coefficient (Wildman–Crippen LogP) is 1.87. The highest BCUT2D eigenvalue weighted by Gasteiger charge is 1.94. The molecule has 0 spiro atoms. The lowest BCUT2D eigenvalue weighted by molar-refractivity contribution is -0.109. The quantitative estimate of drug-likeness (QED) is 0.465. The molecule has 0 atom stereocenters. The Kier molecular flexibility index (Phi) is 4.74. The van der Waals surface area contributed by atoms with E-state index >= 15 is 0 Å². The van der Waals surface area contributed by atoms with Crippen LogP contribution in [0.1, 0.15) is 18.9 Å². The second kappa shape index (κ2) is 6.09. The standard InChI is InChI=1S/C12H14N2OS/c1-9(15)16-7-3-2-4-10-5-6-11(13)12(14)8-10/h5-6,8H,3,7,13-14H2,1H3. The Bertz CT molecular complexity index is 446. The van der Waals surface area contributed by atoms with Crippen LogP contribution in [0.2, 0.25) is 0 Å². The highest BCUT2D eigenvalue weighted by molar-refractivity contribution is 8.13. The molecule has 4 heteroatoms. The van der Waals surface area contributed by atoms with Gasteiger partial charge in [0.25, 0.3) is 0 Å². The predicted molar refractivity (Wildman–Crippen MR) is 69.9 cm³/mol. The number of thioether (sulfide) groups is 1. The number of rotatable bonds is 2. The van der Waals surface area contributed by atoms with E-state index in [-0.39, 0.29) is 5.12 Å². The zero-order valence-electron chi connectivity index (χ0n) is 9.12. The monoisotopic (exact) mass is 234 g/mol. The van der Waals surface area contributed by atoms with Crippen molar-refractivity contribution in [2.75, 3.05) is 17.2 Å². The Balaban J connectivity index is 2.50. The van der Waals surface area contributed by atoms with Gasteiger partial charge in [-0.3, -0.25) is 4.79 Å². The van der Waals surface area contributed by atoms with Crippen LogP contribution in [-0.4, -0.2) is 10.9 Å². The second-order valence-electron chi connectivity index (χ2n) is 3.24. The molecule has 1 aromatic carbocycles. The molecule has 0 aliphatic carbocycles. The first-order valence-corrected chi connectivity index (χ1v) is 5.85. The van der Waals surface area contributed by atoms with Gasteiger partial charge in [-0.1, -0.05) is 23.6 Å². The Morgan fingerprint density at radius 1 is 1.38 bits per heavy atom. The number of nitrogen functional groups attached to an aromatic ring is 2. The van der Waals surface area contributed by atoms with E-state index in [1.165, 1.54) is 11.8 Å². The number of benzene rings is 1. The summed E-state index contributed by atoms with van der Waals surface area (Å²) < 4.78 is 0. The van der Waals surface area contributed by atoms with Crippen molar-refractivity contribution < 1.29 is 4.79 Å². The molecule has 0 fully saturated rings. The average Bonchev–Trinajstić information content (AvgIpc) is 2.22. The zero-order chi connectivity index (χ0) is 12.0. The minimum atomic E-state index is 0.124. The summed E-state index contributed by atoms with van der Waals surface area (Å²) in [5, 5.41) is 0.124. The molecule has 16 heavy (non-hydrogen) atoms. The lowest BCUT2D eigenvalue weighted by Gasteiger charge is -1.98. The van der Waals surface area contributed by atoms with Gasteiger partial charge >= 0.3 is 0 Å². The third kappa shape index (κ3) is 4.28. The molecule has 1 rings (SSSR count). The van der Waals surface area contributed by atoms with Gasteiger partial charge in [0.1, 0.15) is 0 Å². The van der Waals surface area contributed by atoms with E-state index < -0.39 is 0 Å². The Labute approximate surface area is 99.6 Å². The molecule has 0 radical (unpaired) electrons. The number of hydrogen-bond donors (Lipinski definition) is 2. The molecule has 0 saturated heterocycles. The minimum Gasteiger partial charge on any atom is -0.397 e. The third-order valence-electron chi connectivity index (χ3n) is 1.85. The van der Waals surface area contributed by atoms with Crippen LogP contribution in [0.15, 0.2) is 18.2 Å². The van der Waals surface area contributed by atoms with Crippen molar-refractivity contribution in [2.45, 2.75) is 13.3 Å². The lowest BCUT2D eigenvalue weighted by atomic mass is 10.2. The van der Waals surface area contributed by atoms with E-state index in [0.717, 1.165) is 11.3 Å². The summed E-state index contributed by atoms with van der Waals surface area (Å²) in [6.07, 6.45) is 0.689. The molecule has 4 N–H and O–H groups in total. The van der Waals surface area contributed by atoms with Crippen LogP contribution in [0.3, 0.4) is 0 Å². The van der Waals surface area contributed by atoms with Gasteiger partial charge in [0.2, 0.25) is 0 Å². The molecular formula is C12H14N2OS. The van der Waals surface area contributed by atoms with E-state index in [1.54, 1.807) is 19.1 Å². The summed E-state index contributed by atoms with van der Waals surface area (Å²) in [5.41, 5.74) is 13.2. The third-order valence-corrected chi connectivity index (χ3v) is 2.67. The normalized spacial score (nSPS) is 9.31. The maximum atomic E-state index is 10.6. The number of anilines is 2. The molecule has 84 valence electrons. The highest BCUT2D eigenvalue weighted by atomic mass is 32.2. The van der Waals surface area contributed by atoms with E-state index in [0.29, 0.717) is 17.8 Å². The topological polar surface area (TPSA) is 69.1 Å². The molecule has 0 saturated carbocycles. The summed E-state index contributed by atoms with van der Waals surface area (Å²) in [5.74, 6) is 6.69. The van der Waals surface area contributed by atoms with Gasteiger partial charge in [-0.15, -0.1) is 0 Å². The van der Waals surface area contributed by atoms with Gasteiger partial charge in [-0.25, -0.2) is 0 Å². The molecule has 0 aliphatic rings. The number of carbonyl (C=O) groups excluding carboxylic acids is 1. The van der Waals surface area contributed by atoms with Gasteiger partial charge in [-0.2, -0.15) is 0 Å². The van der Waals surface area contributed by atoms with E-state index in [1.807, 2.05) is 6.07 Å². The number of nitrogens with two attached hydrogens (primary N) is 2. The molecule has 0 aromatic heterocycles. The van der Waals surface area contributed by atoms with Gasteiger partial charge in [0.15, 0.2) is 5.12 Å². The highest BCUT2D eigenvalue weighted by Crippen LogP contribution is 2.15. The molecular weight excluding hydrogens is 220 g/mol. The fraction of sp³-hybridized carbons (Fsp3) is 0.250. The molecule has 0 aliphatic heterocycles. The summed E-state index contributed by atoms with van der Waals surface area (Å²) in [4.78, 5) is 10.6. The molecule has 0 unspecified atom stereocenters. The Hall–Kier alpha value is -1.60. The number of hydrogen-bond acceptors (Lipinski definition) is 4. The first kappa shape index (κ1) is 12.5. The minimum absolute atomic E-state index is 0.124. The maximum Gasteiger partial charge on any atom is 0.185 e. The van der Waals surface area contributed by atoms with E-state index in [2.05, 4.69) is 11.8 Å². The second-order valence-corrected chi connectivity index (χ2v) is 4.51. The zero-order valence-corrected chi connectivity index (χ0v) is 9.93. The average molecular weight is 234 g/mol. The van der Waals surface area contributed by atoms with Crippen molar-refractivity contribution in [1.29, 1.82) is 0 Å². The smallest absolute Gasteiger partial charge is 0.185 e. The molecule has 0 heterocycles. The van der Waals surface area contributed by atoms with E-state index in [9.17, 15) is 4.79 Å². The van der Waals surface area contributed by atoms with Gasteiger partial charge < -0.3 is 11.5 Å². The number of carbonyl (C=O) groups is 1. The Morgan fingerprint density at radius 2 is 2.12 bits per heavy atom.